The van der Waals surface area contributed by atoms with Crippen LogP contribution in [0.25, 0.3) is 5.69 Å². The molecule has 2 N–H and O–H groups in total. The number of hydrogen-bond donors (Lipinski definition) is 2. The van der Waals surface area contributed by atoms with Gasteiger partial charge in [-0.25, -0.2) is 14.1 Å². The van der Waals surface area contributed by atoms with Gasteiger partial charge >= 0.3 is 0 Å². The van der Waals surface area contributed by atoms with Crippen LogP contribution >= 0.6 is 0 Å². The van der Waals surface area contributed by atoms with Crippen LogP contribution in [-0.2, 0) is 0 Å². The standard InChI is InChI=1S/C15H15FN4O2/c16-13-6-11(2-4-14(13)20-9-17-8-18-20)15(22)19-12-3-1-10(5-12)7-21/h1-4,6,8-10,12,21H,5,7H2,(H,19,22)/t10-,12+/m0/s1. The normalized spacial score (nSPS) is 20.3. The molecule has 1 amide bonds. The number of amides is 1. The third kappa shape index (κ3) is 2.89. The van der Waals surface area contributed by atoms with Crippen molar-refractivity contribution in [3.05, 3.63) is 54.4 Å². The lowest BCUT2D eigenvalue weighted by molar-refractivity contribution is 0.0940. The summed E-state index contributed by atoms with van der Waals surface area (Å²) in [7, 11) is 0. The smallest absolute Gasteiger partial charge is 0.251 e. The molecule has 0 saturated carbocycles. The monoisotopic (exact) mass is 302 g/mol. The molecule has 6 nitrogen and oxygen atoms in total. The average molecular weight is 302 g/mol. The number of nitrogens with zero attached hydrogens (tertiary/aromatic N) is 3. The second-order valence-electron chi connectivity index (χ2n) is 5.15. The van der Waals surface area contributed by atoms with E-state index < -0.39 is 5.82 Å². The quantitative estimate of drug-likeness (QED) is 0.828. The molecule has 7 heteroatoms. The summed E-state index contributed by atoms with van der Waals surface area (Å²) < 4.78 is 15.4. The van der Waals surface area contributed by atoms with Crippen LogP contribution in [0.1, 0.15) is 16.8 Å². The van der Waals surface area contributed by atoms with E-state index in [9.17, 15) is 9.18 Å². The number of carbonyl (C=O) groups is 1. The highest BCUT2D eigenvalue weighted by Gasteiger charge is 2.20. The van der Waals surface area contributed by atoms with E-state index in [0.29, 0.717) is 6.42 Å². The minimum atomic E-state index is -0.548. The first kappa shape index (κ1) is 14.4. The van der Waals surface area contributed by atoms with E-state index in [1.54, 1.807) is 0 Å². The minimum absolute atomic E-state index is 0.0596. The fourth-order valence-corrected chi connectivity index (χ4v) is 2.44. The van der Waals surface area contributed by atoms with Crippen LogP contribution in [0.3, 0.4) is 0 Å². The van der Waals surface area contributed by atoms with Crippen LogP contribution in [0.15, 0.2) is 43.0 Å². The first-order valence-electron chi connectivity index (χ1n) is 6.92. The number of rotatable bonds is 4. The first-order valence-corrected chi connectivity index (χ1v) is 6.92. The van der Waals surface area contributed by atoms with E-state index in [1.807, 2.05) is 12.2 Å². The molecule has 0 unspecified atom stereocenters. The number of aromatic nitrogens is 3. The number of nitrogens with one attached hydrogen (secondary N) is 1. The Hall–Kier alpha value is -2.54. The maximum Gasteiger partial charge on any atom is 0.251 e. The van der Waals surface area contributed by atoms with E-state index in [0.717, 1.165) is 0 Å². The van der Waals surface area contributed by atoms with Crippen molar-refractivity contribution in [1.29, 1.82) is 0 Å². The summed E-state index contributed by atoms with van der Waals surface area (Å²) in [4.78, 5) is 15.9. The molecule has 0 fully saturated rings. The predicted octanol–water partition coefficient (Wildman–Crippen LogP) is 1.07. The zero-order valence-electron chi connectivity index (χ0n) is 11.7. The number of halogens is 1. The summed E-state index contributed by atoms with van der Waals surface area (Å²) in [6.45, 7) is 0.0596. The predicted molar refractivity (Wildman–Crippen MR) is 76.9 cm³/mol. The molecular weight excluding hydrogens is 287 g/mol. The summed E-state index contributed by atoms with van der Waals surface area (Å²) in [5.41, 5.74) is 0.470. The van der Waals surface area contributed by atoms with Gasteiger partial charge < -0.3 is 10.4 Å². The van der Waals surface area contributed by atoms with Crippen LogP contribution in [0.5, 0.6) is 0 Å². The molecule has 1 aliphatic carbocycles. The maximum atomic E-state index is 14.1. The van der Waals surface area contributed by atoms with Gasteiger partial charge in [-0.2, -0.15) is 5.10 Å². The summed E-state index contributed by atoms with van der Waals surface area (Å²) in [5, 5.41) is 15.7. The summed E-state index contributed by atoms with van der Waals surface area (Å²) >= 11 is 0. The molecule has 0 spiro atoms. The Bertz CT molecular complexity index is 700. The van der Waals surface area contributed by atoms with Gasteiger partial charge in [-0.15, -0.1) is 0 Å². The molecule has 1 aromatic carbocycles. The van der Waals surface area contributed by atoms with E-state index in [1.165, 1.54) is 35.5 Å². The number of benzene rings is 1. The zero-order chi connectivity index (χ0) is 15.5. The van der Waals surface area contributed by atoms with Gasteiger partial charge in [-0.05, 0) is 24.6 Å². The Kier molecular flexibility index (Phi) is 3.97. The molecule has 0 bridgehead atoms. The van der Waals surface area contributed by atoms with Crippen molar-refractivity contribution in [3.63, 3.8) is 0 Å². The lowest BCUT2D eigenvalue weighted by Crippen LogP contribution is -2.33. The molecule has 2 aromatic rings. The van der Waals surface area contributed by atoms with E-state index in [2.05, 4.69) is 15.4 Å². The minimum Gasteiger partial charge on any atom is -0.396 e. The SMILES string of the molecule is O=C(N[C@@H]1C=C[C@H](CO)C1)c1ccc(-n2cncn2)c(F)c1. The van der Waals surface area contributed by atoms with Crippen LogP contribution in [0, 0.1) is 11.7 Å². The number of carbonyl (C=O) groups excluding carboxylic acids is 1. The third-order valence-corrected chi connectivity index (χ3v) is 3.60. The zero-order valence-corrected chi connectivity index (χ0v) is 11.7. The molecule has 3 rings (SSSR count). The van der Waals surface area contributed by atoms with Crippen molar-refractivity contribution >= 4 is 5.91 Å². The molecule has 114 valence electrons. The number of aliphatic hydroxyl groups is 1. The molecule has 1 heterocycles. The van der Waals surface area contributed by atoms with Gasteiger partial charge in [0.15, 0.2) is 0 Å². The van der Waals surface area contributed by atoms with Gasteiger partial charge in [0.05, 0.1) is 0 Å². The van der Waals surface area contributed by atoms with Gasteiger partial charge in [0, 0.05) is 24.1 Å². The van der Waals surface area contributed by atoms with Gasteiger partial charge in [0.25, 0.3) is 5.91 Å². The van der Waals surface area contributed by atoms with Gasteiger partial charge in [0.2, 0.25) is 0 Å². The summed E-state index contributed by atoms with van der Waals surface area (Å²) in [6, 6.07) is 4.06. The Labute approximate surface area is 126 Å². The van der Waals surface area contributed by atoms with Crippen molar-refractivity contribution < 1.29 is 14.3 Å². The average Bonchev–Trinajstić information content (AvgIpc) is 3.18. The van der Waals surface area contributed by atoms with Crippen LogP contribution in [0.2, 0.25) is 0 Å². The fourth-order valence-electron chi connectivity index (χ4n) is 2.44. The number of hydrogen-bond acceptors (Lipinski definition) is 4. The highest BCUT2D eigenvalue weighted by atomic mass is 19.1. The molecule has 22 heavy (non-hydrogen) atoms. The van der Waals surface area contributed by atoms with Crippen molar-refractivity contribution in [3.8, 4) is 5.69 Å². The second-order valence-corrected chi connectivity index (χ2v) is 5.15. The maximum absolute atomic E-state index is 14.1. The van der Waals surface area contributed by atoms with Crippen molar-refractivity contribution in [1.82, 2.24) is 20.1 Å². The van der Waals surface area contributed by atoms with Gasteiger partial charge in [-0.3, -0.25) is 4.79 Å². The topological polar surface area (TPSA) is 80.0 Å². The fraction of sp³-hybridized carbons (Fsp3) is 0.267. The molecule has 0 radical (unpaired) electrons. The van der Waals surface area contributed by atoms with Crippen molar-refractivity contribution in [2.75, 3.05) is 6.61 Å². The molecular formula is C15H15FN4O2. The van der Waals surface area contributed by atoms with E-state index in [4.69, 9.17) is 5.11 Å². The Morgan fingerprint density at radius 1 is 1.45 bits per heavy atom. The van der Waals surface area contributed by atoms with Crippen LogP contribution in [-0.4, -0.2) is 38.4 Å². The number of aliphatic hydroxyl groups excluding tert-OH is 1. The highest BCUT2D eigenvalue weighted by Crippen LogP contribution is 2.18. The van der Waals surface area contributed by atoms with Crippen LogP contribution in [0.4, 0.5) is 4.39 Å². The third-order valence-electron chi connectivity index (χ3n) is 3.60. The molecule has 1 aliphatic rings. The van der Waals surface area contributed by atoms with Gasteiger partial charge in [-0.1, -0.05) is 12.2 Å². The Morgan fingerprint density at radius 3 is 2.95 bits per heavy atom. The lowest BCUT2D eigenvalue weighted by Gasteiger charge is -2.13. The lowest BCUT2D eigenvalue weighted by atomic mass is 10.1. The molecule has 2 atom stereocenters. The molecule has 1 aromatic heterocycles. The summed E-state index contributed by atoms with van der Waals surface area (Å²) in [5.74, 6) is -0.831. The van der Waals surface area contributed by atoms with Crippen molar-refractivity contribution in [2.24, 2.45) is 5.92 Å². The highest BCUT2D eigenvalue weighted by molar-refractivity contribution is 5.94. The molecule has 0 aliphatic heterocycles. The van der Waals surface area contributed by atoms with E-state index in [-0.39, 0.29) is 35.7 Å². The second kappa shape index (κ2) is 6.07. The largest absolute Gasteiger partial charge is 0.396 e. The molecule has 0 saturated heterocycles. The van der Waals surface area contributed by atoms with Crippen LogP contribution < -0.4 is 5.32 Å². The summed E-state index contributed by atoms with van der Waals surface area (Å²) in [6.07, 6.45) is 7.07. The van der Waals surface area contributed by atoms with Gasteiger partial charge in [0.1, 0.15) is 24.2 Å². The van der Waals surface area contributed by atoms with Crippen molar-refractivity contribution in [2.45, 2.75) is 12.5 Å². The first-order chi connectivity index (χ1) is 10.7. The Balaban J connectivity index is 1.71. The Morgan fingerprint density at radius 2 is 2.32 bits per heavy atom. The van der Waals surface area contributed by atoms with E-state index >= 15 is 0 Å².